The molecule has 118 valence electrons. The molecule has 21 heavy (non-hydrogen) atoms. The van der Waals surface area contributed by atoms with E-state index in [1.165, 1.54) is 0 Å². The van der Waals surface area contributed by atoms with Crippen molar-refractivity contribution in [1.82, 2.24) is 0 Å². The van der Waals surface area contributed by atoms with Gasteiger partial charge >= 0.3 is 5.97 Å². The second-order valence-corrected chi connectivity index (χ2v) is 5.02. The maximum Gasteiger partial charge on any atom is 0.325 e. The molecule has 0 amide bonds. The van der Waals surface area contributed by atoms with Crippen molar-refractivity contribution in [3.63, 3.8) is 0 Å². The van der Waals surface area contributed by atoms with Crippen molar-refractivity contribution >= 4 is 23.3 Å². The molecule has 0 spiro atoms. The topological polar surface area (TPSA) is 88.5 Å². The fraction of sp³-hybridized carbons (Fsp3) is 0.733. The van der Waals surface area contributed by atoms with Crippen LogP contribution < -0.4 is 0 Å². The Kier molecular flexibility index (Phi) is 11.9. The second-order valence-electron chi connectivity index (χ2n) is 5.02. The minimum Gasteiger partial charge on any atom is -0.480 e. The summed E-state index contributed by atoms with van der Waals surface area (Å²) in [7, 11) is 0. The fourth-order valence-electron chi connectivity index (χ4n) is 2.21. The maximum absolute atomic E-state index is 12.2. The fourth-order valence-corrected chi connectivity index (χ4v) is 2.21. The van der Waals surface area contributed by atoms with Crippen molar-refractivity contribution in [2.24, 2.45) is 5.41 Å². The number of aliphatic carboxylic acids is 1. The Bertz CT molecular complexity index is 372. The first-order chi connectivity index (χ1) is 9.36. The van der Waals surface area contributed by atoms with Gasteiger partial charge in [-0.1, -0.05) is 20.8 Å². The van der Waals surface area contributed by atoms with E-state index in [1.54, 1.807) is 20.8 Å². The molecule has 0 rings (SSSR count). The van der Waals surface area contributed by atoms with Gasteiger partial charge in [0.05, 0.1) is 0 Å². The van der Waals surface area contributed by atoms with Gasteiger partial charge in [0.25, 0.3) is 0 Å². The number of carboxylic acids is 1. The Labute approximate surface area is 145 Å². The molecular weight excluding hydrogens is 351 g/mol. The molecule has 0 aliphatic carbocycles. The molecular formula is C15H24O5Zr. The van der Waals surface area contributed by atoms with E-state index in [2.05, 4.69) is 0 Å². The number of carboxylic acid groups (broad SMARTS) is 1. The zero-order valence-electron chi connectivity index (χ0n) is 13.0. The van der Waals surface area contributed by atoms with Gasteiger partial charge in [0, 0.05) is 51.9 Å². The van der Waals surface area contributed by atoms with E-state index in [0.29, 0.717) is 19.3 Å². The number of rotatable bonds is 11. The third kappa shape index (κ3) is 5.93. The largest absolute Gasteiger partial charge is 0.480 e. The predicted molar refractivity (Wildman–Crippen MR) is 74.4 cm³/mol. The zero-order valence-corrected chi connectivity index (χ0v) is 15.5. The van der Waals surface area contributed by atoms with E-state index in [1.807, 2.05) is 0 Å². The molecule has 0 fully saturated rings. The number of Topliss-reactive ketones (excluding diaryl/α,β-unsaturated/α-hetero) is 3. The second kappa shape index (κ2) is 11.0. The van der Waals surface area contributed by atoms with Crippen molar-refractivity contribution in [1.29, 1.82) is 0 Å². The molecule has 0 aliphatic rings. The van der Waals surface area contributed by atoms with E-state index in [4.69, 9.17) is 0 Å². The number of hydrogen-bond donors (Lipinski definition) is 1. The SMILES string of the molecule is CCCC(=O)CC(C(=O)O)(C(=O)CCC)C(=O)CCC.[Zr]. The summed E-state index contributed by atoms with van der Waals surface area (Å²) < 4.78 is 0. The van der Waals surface area contributed by atoms with E-state index in [0.717, 1.165) is 0 Å². The summed E-state index contributed by atoms with van der Waals surface area (Å²) in [6.07, 6.45) is 1.16. The summed E-state index contributed by atoms with van der Waals surface area (Å²) in [5, 5.41) is 9.44. The number of carbonyl (C=O) groups excluding carboxylic acids is 3. The molecule has 0 aromatic carbocycles. The molecule has 5 nitrogen and oxygen atoms in total. The van der Waals surface area contributed by atoms with Gasteiger partial charge < -0.3 is 5.11 Å². The van der Waals surface area contributed by atoms with Crippen LogP contribution in [0.4, 0.5) is 0 Å². The van der Waals surface area contributed by atoms with Crippen LogP contribution >= 0.6 is 0 Å². The number of hydrogen-bond acceptors (Lipinski definition) is 4. The van der Waals surface area contributed by atoms with Crippen LogP contribution in [0.3, 0.4) is 0 Å². The first kappa shape index (κ1) is 22.6. The van der Waals surface area contributed by atoms with Gasteiger partial charge in [0.1, 0.15) is 5.78 Å². The smallest absolute Gasteiger partial charge is 0.325 e. The van der Waals surface area contributed by atoms with E-state index in [9.17, 15) is 24.3 Å². The Morgan fingerprint density at radius 3 is 1.48 bits per heavy atom. The predicted octanol–water partition coefficient (Wildman–Crippen LogP) is 2.55. The van der Waals surface area contributed by atoms with Gasteiger partial charge in [-0.2, -0.15) is 0 Å². The van der Waals surface area contributed by atoms with E-state index in [-0.39, 0.29) is 51.2 Å². The van der Waals surface area contributed by atoms with E-state index < -0.39 is 29.4 Å². The third-order valence-corrected chi connectivity index (χ3v) is 3.26. The summed E-state index contributed by atoms with van der Waals surface area (Å²) in [4.78, 5) is 47.8. The standard InChI is InChI=1S/C15H24O5.Zr/c1-4-7-11(16)10-15(14(19)20,12(17)8-5-2)13(18)9-6-3;/h4-10H2,1-3H3,(H,19,20);. The van der Waals surface area contributed by atoms with Crippen LogP contribution in [0.5, 0.6) is 0 Å². The Balaban J connectivity index is 0. The Morgan fingerprint density at radius 2 is 1.19 bits per heavy atom. The minimum atomic E-state index is -2.17. The van der Waals surface area contributed by atoms with Crippen LogP contribution in [0.1, 0.15) is 65.7 Å². The van der Waals surface area contributed by atoms with Crippen LogP contribution in [0.25, 0.3) is 0 Å². The molecule has 0 radical (unpaired) electrons. The summed E-state index contributed by atoms with van der Waals surface area (Å²) in [5.41, 5.74) is -2.17. The molecule has 0 saturated carbocycles. The molecule has 0 atom stereocenters. The Morgan fingerprint density at radius 1 is 0.810 bits per heavy atom. The number of ketones is 3. The normalized spacial score (nSPS) is 10.6. The van der Waals surface area contributed by atoms with Crippen molar-refractivity contribution in [3.05, 3.63) is 0 Å². The zero-order chi connectivity index (χ0) is 15.8. The van der Waals surface area contributed by atoms with Gasteiger partial charge in [-0.3, -0.25) is 19.2 Å². The van der Waals surface area contributed by atoms with Gasteiger partial charge in [-0.25, -0.2) is 0 Å². The monoisotopic (exact) mass is 374 g/mol. The van der Waals surface area contributed by atoms with Crippen molar-refractivity contribution < 1.29 is 50.5 Å². The molecule has 0 heterocycles. The van der Waals surface area contributed by atoms with Gasteiger partial charge in [0.2, 0.25) is 0 Å². The van der Waals surface area contributed by atoms with Crippen LogP contribution in [0, 0.1) is 5.41 Å². The van der Waals surface area contributed by atoms with Gasteiger partial charge in [0.15, 0.2) is 17.0 Å². The third-order valence-electron chi connectivity index (χ3n) is 3.26. The molecule has 0 unspecified atom stereocenters. The van der Waals surface area contributed by atoms with Crippen LogP contribution in [-0.4, -0.2) is 28.4 Å². The summed E-state index contributed by atoms with van der Waals surface area (Å²) in [6, 6.07) is 0. The molecule has 0 aromatic heterocycles. The average molecular weight is 376 g/mol. The van der Waals surface area contributed by atoms with Crippen molar-refractivity contribution in [2.75, 3.05) is 0 Å². The van der Waals surface area contributed by atoms with Gasteiger partial charge in [-0.15, -0.1) is 0 Å². The van der Waals surface area contributed by atoms with E-state index >= 15 is 0 Å². The Hall–Kier alpha value is -0.637. The summed E-state index contributed by atoms with van der Waals surface area (Å²) >= 11 is 0. The molecule has 0 saturated heterocycles. The molecule has 0 aromatic rings. The summed E-state index contributed by atoms with van der Waals surface area (Å²) in [5.74, 6) is -3.12. The van der Waals surface area contributed by atoms with Crippen molar-refractivity contribution in [3.8, 4) is 0 Å². The quantitative estimate of drug-likeness (QED) is 0.561. The average Bonchev–Trinajstić information content (AvgIpc) is 2.36. The summed E-state index contributed by atoms with van der Waals surface area (Å²) in [6.45, 7) is 5.27. The number of carbonyl (C=O) groups is 4. The first-order valence-electron chi connectivity index (χ1n) is 7.18. The molecule has 0 bridgehead atoms. The maximum atomic E-state index is 12.2. The molecule has 0 aliphatic heterocycles. The van der Waals surface area contributed by atoms with Crippen molar-refractivity contribution in [2.45, 2.75) is 65.7 Å². The van der Waals surface area contributed by atoms with Crippen LogP contribution in [0.15, 0.2) is 0 Å². The van der Waals surface area contributed by atoms with Crippen LogP contribution in [0.2, 0.25) is 0 Å². The molecule has 6 heteroatoms. The molecule has 1 N–H and O–H groups in total. The first-order valence-corrected chi connectivity index (χ1v) is 7.18. The minimum absolute atomic E-state index is 0. The van der Waals surface area contributed by atoms with Gasteiger partial charge in [-0.05, 0) is 19.3 Å². The van der Waals surface area contributed by atoms with Crippen LogP contribution in [-0.2, 0) is 45.4 Å².